The Bertz CT molecular complexity index is 811. The molecule has 1 aliphatic rings. The number of halogens is 1. The van der Waals surface area contributed by atoms with Gasteiger partial charge in [0.05, 0.1) is 18.0 Å². The summed E-state index contributed by atoms with van der Waals surface area (Å²) in [7, 11) is 0. The quantitative estimate of drug-likeness (QED) is 0.737. The van der Waals surface area contributed by atoms with Gasteiger partial charge in [0.1, 0.15) is 6.23 Å². The lowest BCUT2D eigenvalue weighted by atomic mass is 10.2. The van der Waals surface area contributed by atoms with Crippen LogP contribution in [-0.2, 0) is 20.9 Å². The zero-order valence-electron chi connectivity index (χ0n) is 14.3. The predicted octanol–water partition coefficient (Wildman–Crippen LogP) is 1.63. The zero-order valence-corrected chi connectivity index (χ0v) is 15.9. The van der Waals surface area contributed by atoms with Crippen molar-refractivity contribution in [3.05, 3.63) is 57.2 Å². The lowest BCUT2D eigenvalue weighted by molar-refractivity contribution is -0.139. The van der Waals surface area contributed by atoms with E-state index >= 15 is 0 Å². The fraction of sp³-hybridized carbons (Fsp3) is 0.278. The molecule has 2 aromatic rings. The first kappa shape index (κ1) is 19.3. The maximum Gasteiger partial charge on any atom is 0.309 e. The molecule has 1 fully saturated rings. The molecule has 3 amide bonds. The lowest BCUT2D eigenvalue weighted by Crippen LogP contribution is -2.47. The molecule has 3 rings (SSSR count). The van der Waals surface area contributed by atoms with E-state index in [1.54, 1.807) is 41.3 Å². The maximum absolute atomic E-state index is 12.4. The van der Waals surface area contributed by atoms with E-state index in [4.69, 9.17) is 16.3 Å². The molecule has 27 heavy (non-hydrogen) atoms. The van der Waals surface area contributed by atoms with Crippen molar-refractivity contribution in [2.75, 3.05) is 19.7 Å². The van der Waals surface area contributed by atoms with E-state index in [0.717, 1.165) is 5.56 Å². The second-order valence-electron chi connectivity index (χ2n) is 5.82. The molecule has 1 aliphatic heterocycles. The fourth-order valence-corrected chi connectivity index (χ4v) is 3.39. The molecule has 0 unspecified atom stereocenters. The van der Waals surface area contributed by atoms with Crippen LogP contribution in [0.5, 0.6) is 0 Å². The average molecular weight is 408 g/mol. The molecule has 7 nitrogen and oxygen atoms in total. The van der Waals surface area contributed by atoms with Crippen LogP contribution in [0.4, 0.5) is 0 Å². The Balaban J connectivity index is 1.46. The van der Waals surface area contributed by atoms with Crippen LogP contribution in [-0.4, -0.2) is 48.5 Å². The number of carbonyl (C=O) groups excluding carboxylic acids is 3. The highest BCUT2D eigenvalue weighted by molar-refractivity contribution is 7.12. The molecular weight excluding hydrogens is 390 g/mol. The summed E-state index contributed by atoms with van der Waals surface area (Å²) in [6.07, 6.45) is -0.590. The first-order chi connectivity index (χ1) is 13.0. The molecule has 1 aromatic heterocycles. The fourth-order valence-electron chi connectivity index (χ4n) is 2.59. The Kier molecular flexibility index (Phi) is 6.44. The summed E-state index contributed by atoms with van der Waals surface area (Å²) in [5, 5.41) is 7.47. The van der Waals surface area contributed by atoms with Crippen molar-refractivity contribution in [3.8, 4) is 0 Å². The van der Waals surface area contributed by atoms with Crippen LogP contribution in [0.15, 0.2) is 41.8 Å². The third kappa shape index (κ3) is 5.06. The first-order valence-electron chi connectivity index (χ1n) is 8.31. The second-order valence-corrected chi connectivity index (χ2v) is 7.20. The van der Waals surface area contributed by atoms with Crippen molar-refractivity contribution in [2.45, 2.75) is 12.8 Å². The topological polar surface area (TPSA) is 87.7 Å². The van der Waals surface area contributed by atoms with E-state index in [1.165, 1.54) is 11.3 Å². The van der Waals surface area contributed by atoms with Crippen LogP contribution >= 0.6 is 22.9 Å². The van der Waals surface area contributed by atoms with Gasteiger partial charge in [0.25, 0.3) is 5.91 Å². The molecule has 0 spiro atoms. The van der Waals surface area contributed by atoms with E-state index in [0.29, 0.717) is 23.1 Å². The molecule has 1 aromatic carbocycles. The van der Waals surface area contributed by atoms with Crippen molar-refractivity contribution < 1.29 is 19.1 Å². The minimum Gasteiger partial charge on any atom is -0.355 e. The summed E-state index contributed by atoms with van der Waals surface area (Å²) in [6.45, 7) is 1.09. The van der Waals surface area contributed by atoms with Gasteiger partial charge >= 0.3 is 11.8 Å². The minimum atomic E-state index is -0.775. The van der Waals surface area contributed by atoms with Crippen LogP contribution in [0.25, 0.3) is 0 Å². The molecule has 1 atom stereocenters. The monoisotopic (exact) mass is 407 g/mol. The number of hydrogen-bond acceptors (Lipinski definition) is 5. The van der Waals surface area contributed by atoms with Gasteiger partial charge in [0.2, 0.25) is 0 Å². The molecule has 0 aliphatic carbocycles. The molecule has 9 heteroatoms. The van der Waals surface area contributed by atoms with Gasteiger partial charge in [-0.05, 0) is 29.1 Å². The van der Waals surface area contributed by atoms with Crippen LogP contribution in [0.3, 0.4) is 0 Å². The van der Waals surface area contributed by atoms with E-state index in [-0.39, 0.29) is 19.0 Å². The molecule has 142 valence electrons. The summed E-state index contributed by atoms with van der Waals surface area (Å²) < 4.78 is 5.51. The standard InChI is InChI=1S/C18H18ClN3O4S/c19-13-5-3-12(4-6-13)10-20-16(23)17(24)21-11-15-22(7-8-26-15)18(25)14-2-1-9-27-14/h1-6,9,15H,7-8,10-11H2,(H,20,23)(H,21,24)/t15-/m1/s1. The largest absolute Gasteiger partial charge is 0.355 e. The highest BCUT2D eigenvalue weighted by Gasteiger charge is 2.31. The third-order valence-corrected chi connectivity index (χ3v) is 5.10. The average Bonchev–Trinajstić information content (AvgIpc) is 3.36. The van der Waals surface area contributed by atoms with Gasteiger partial charge in [-0.1, -0.05) is 29.8 Å². The number of carbonyl (C=O) groups is 3. The SMILES string of the molecule is O=C(NCc1ccc(Cl)cc1)C(=O)NC[C@H]1OCCN1C(=O)c1cccs1. The number of nitrogens with one attached hydrogen (secondary N) is 2. The van der Waals surface area contributed by atoms with Crippen LogP contribution in [0.2, 0.25) is 5.02 Å². The summed E-state index contributed by atoms with van der Waals surface area (Å²) in [6, 6.07) is 10.5. The Morgan fingerprint density at radius 3 is 2.59 bits per heavy atom. The molecular formula is C18H18ClN3O4S. The van der Waals surface area contributed by atoms with Gasteiger partial charge in [-0.3, -0.25) is 14.4 Å². The van der Waals surface area contributed by atoms with Crippen molar-refractivity contribution in [3.63, 3.8) is 0 Å². The minimum absolute atomic E-state index is 0.0459. The van der Waals surface area contributed by atoms with E-state index in [2.05, 4.69) is 10.6 Å². The molecule has 0 saturated carbocycles. The number of benzene rings is 1. The summed E-state index contributed by atoms with van der Waals surface area (Å²) >= 11 is 7.15. The summed E-state index contributed by atoms with van der Waals surface area (Å²) in [4.78, 5) is 38.5. The maximum atomic E-state index is 12.4. The van der Waals surface area contributed by atoms with E-state index < -0.39 is 18.0 Å². The Morgan fingerprint density at radius 1 is 1.15 bits per heavy atom. The second kappa shape index (κ2) is 8.98. The Hall–Kier alpha value is -2.42. The summed E-state index contributed by atoms with van der Waals surface area (Å²) in [5.41, 5.74) is 0.826. The zero-order chi connectivity index (χ0) is 19.2. The van der Waals surface area contributed by atoms with Crippen molar-refractivity contribution in [2.24, 2.45) is 0 Å². The Labute approximate surface area is 165 Å². The normalized spacial score (nSPS) is 16.2. The molecule has 0 bridgehead atoms. The van der Waals surface area contributed by atoms with Gasteiger partial charge in [-0.25, -0.2) is 0 Å². The Morgan fingerprint density at radius 2 is 1.89 bits per heavy atom. The van der Waals surface area contributed by atoms with Crippen molar-refractivity contribution in [1.82, 2.24) is 15.5 Å². The number of amides is 3. The highest BCUT2D eigenvalue weighted by Crippen LogP contribution is 2.17. The van der Waals surface area contributed by atoms with Crippen molar-refractivity contribution in [1.29, 1.82) is 0 Å². The third-order valence-electron chi connectivity index (χ3n) is 3.99. The van der Waals surface area contributed by atoms with Gasteiger partial charge < -0.3 is 20.3 Å². The van der Waals surface area contributed by atoms with Gasteiger partial charge in [-0.2, -0.15) is 0 Å². The first-order valence-corrected chi connectivity index (χ1v) is 9.57. The number of rotatable bonds is 5. The van der Waals surface area contributed by atoms with Crippen molar-refractivity contribution >= 4 is 40.7 Å². The van der Waals surface area contributed by atoms with Gasteiger partial charge in [0.15, 0.2) is 0 Å². The molecule has 1 saturated heterocycles. The number of ether oxygens (including phenoxy) is 1. The van der Waals surface area contributed by atoms with Gasteiger partial charge in [-0.15, -0.1) is 11.3 Å². The van der Waals surface area contributed by atoms with Crippen LogP contribution in [0, 0.1) is 0 Å². The molecule has 0 radical (unpaired) electrons. The van der Waals surface area contributed by atoms with E-state index in [9.17, 15) is 14.4 Å². The highest BCUT2D eigenvalue weighted by atomic mass is 35.5. The number of nitrogens with zero attached hydrogens (tertiary/aromatic N) is 1. The van der Waals surface area contributed by atoms with Gasteiger partial charge in [0, 0.05) is 18.1 Å². The molecule has 2 heterocycles. The van der Waals surface area contributed by atoms with E-state index in [1.807, 2.05) is 5.38 Å². The molecule has 2 N–H and O–H groups in total. The smallest absolute Gasteiger partial charge is 0.309 e. The summed E-state index contributed by atoms with van der Waals surface area (Å²) in [5.74, 6) is -1.67. The van der Waals surface area contributed by atoms with Crippen LogP contribution in [0.1, 0.15) is 15.2 Å². The number of thiophene rings is 1. The number of hydrogen-bond donors (Lipinski definition) is 2. The van der Waals surface area contributed by atoms with Crippen LogP contribution < -0.4 is 10.6 Å². The lowest BCUT2D eigenvalue weighted by Gasteiger charge is -2.22. The predicted molar refractivity (Wildman–Crippen MR) is 101 cm³/mol.